The smallest absolute Gasteiger partial charge is 0.260 e. The third-order valence-corrected chi connectivity index (χ3v) is 4.75. The Hall–Kier alpha value is -1.74. The summed E-state index contributed by atoms with van der Waals surface area (Å²) < 4.78 is 53.8. The Kier molecular flexibility index (Phi) is 4.97. The summed E-state index contributed by atoms with van der Waals surface area (Å²) in [7, 11) is -3.71. The zero-order valence-electron chi connectivity index (χ0n) is 11.7. The van der Waals surface area contributed by atoms with Crippen LogP contribution in [0.15, 0.2) is 18.2 Å². The number of nitrogens with two attached hydrogens (primary N) is 1. The number of nitrogens with zero attached hydrogens (tertiary/aromatic N) is 1. The molecule has 0 aliphatic carbocycles. The molecule has 2 N–H and O–H groups in total. The second kappa shape index (κ2) is 6.57. The largest absolute Gasteiger partial charge is 0.481 e. The van der Waals surface area contributed by atoms with Gasteiger partial charge in [0.25, 0.3) is 5.91 Å². The highest BCUT2D eigenvalue weighted by Crippen LogP contribution is 2.19. The summed E-state index contributed by atoms with van der Waals surface area (Å²) in [5, 5.41) is 4.29. The number of rotatable bonds is 4. The van der Waals surface area contributed by atoms with Crippen molar-refractivity contribution in [2.45, 2.75) is 18.1 Å². The molecule has 2 rings (SSSR count). The van der Waals surface area contributed by atoms with Crippen LogP contribution in [-0.4, -0.2) is 44.2 Å². The first-order chi connectivity index (χ1) is 10.3. The summed E-state index contributed by atoms with van der Waals surface area (Å²) in [6, 6.07) is 2.75. The minimum absolute atomic E-state index is 0.00702. The summed E-state index contributed by atoms with van der Waals surface area (Å²) in [5.74, 6) is -2.37. The van der Waals surface area contributed by atoms with Gasteiger partial charge in [-0.05, 0) is 25.0 Å². The number of ether oxygens (including phenoxy) is 1. The average molecular weight is 334 g/mol. The van der Waals surface area contributed by atoms with Crippen LogP contribution in [0.2, 0.25) is 0 Å². The van der Waals surface area contributed by atoms with Crippen LogP contribution >= 0.6 is 0 Å². The van der Waals surface area contributed by atoms with Crippen molar-refractivity contribution in [1.29, 1.82) is 0 Å². The maximum absolute atomic E-state index is 13.4. The molecule has 6 nitrogen and oxygen atoms in total. The lowest BCUT2D eigenvalue weighted by Crippen LogP contribution is -2.48. The first-order valence-electron chi connectivity index (χ1n) is 6.64. The fraction of sp³-hybridized carbons (Fsp3) is 0.462. The van der Waals surface area contributed by atoms with E-state index in [0.29, 0.717) is 25.5 Å². The van der Waals surface area contributed by atoms with Gasteiger partial charge in [-0.2, -0.15) is 0 Å². The summed E-state index contributed by atoms with van der Waals surface area (Å²) in [4.78, 5) is 13.3. The molecule has 1 atom stereocenters. The maximum Gasteiger partial charge on any atom is 0.260 e. The SMILES string of the molecule is NS(=O)(=O)C1CCCN(C(=O)COc2ccc(F)cc2F)C1. The summed E-state index contributed by atoms with van der Waals surface area (Å²) in [6.07, 6.45) is 0.911. The molecule has 0 bridgehead atoms. The van der Waals surface area contributed by atoms with Gasteiger partial charge in [0.2, 0.25) is 10.0 Å². The van der Waals surface area contributed by atoms with Gasteiger partial charge in [-0.25, -0.2) is 22.3 Å². The van der Waals surface area contributed by atoms with E-state index in [1.807, 2.05) is 0 Å². The molecule has 1 unspecified atom stereocenters. The molecule has 1 amide bonds. The zero-order chi connectivity index (χ0) is 16.3. The molecule has 1 fully saturated rings. The van der Waals surface area contributed by atoms with Gasteiger partial charge in [-0.3, -0.25) is 4.79 Å². The number of likely N-dealkylation sites (tertiary alicyclic amines) is 1. The van der Waals surface area contributed by atoms with Crippen LogP contribution in [0.4, 0.5) is 8.78 Å². The molecule has 0 saturated carbocycles. The molecule has 1 aliphatic heterocycles. The maximum atomic E-state index is 13.4. The Bertz CT molecular complexity index is 666. The normalized spacial score (nSPS) is 19.0. The molecular formula is C13H16F2N2O4S. The Labute approximate surface area is 126 Å². The minimum Gasteiger partial charge on any atom is -0.481 e. The predicted molar refractivity (Wildman–Crippen MR) is 74.6 cm³/mol. The molecule has 0 aromatic heterocycles. The predicted octanol–water partition coefficient (Wildman–Crippen LogP) is 0.623. The van der Waals surface area contributed by atoms with Crippen LogP contribution in [-0.2, 0) is 14.8 Å². The Morgan fingerprint density at radius 2 is 2.14 bits per heavy atom. The number of halogens is 2. The number of primary sulfonamides is 1. The number of hydrogen-bond donors (Lipinski definition) is 1. The van der Waals surface area contributed by atoms with Crippen molar-refractivity contribution < 1.29 is 26.7 Å². The molecule has 0 radical (unpaired) electrons. The van der Waals surface area contributed by atoms with Crippen LogP contribution in [0.1, 0.15) is 12.8 Å². The Morgan fingerprint density at radius 3 is 2.77 bits per heavy atom. The first-order valence-corrected chi connectivity index (χ1v) is 8.25. The molecule has 122 valence electrons. The van der Waals surface area contributed by atoms with Gasteiger partial charge in [0.1, 0.15) is 5.82 Å². The third kappa shape index (κ3) is 4.14. The van der Waals surface area contributed by atoms with Crippen molar-refractivity contribution in [3.63, 3.8) is 0 Å². The molecule has 22 heavy (non-hydrogen) atoms. The minimum atomic E-state index is -3.71. The summed E-state index contributed by atoms with van der Waals surface area (Å²) >= 11 is 0. The van der Waals surface area contributed by atoms with E-state index in [0.717, 1.165) is 12.1 Å². The van der Waals surface area contributed by atoms with E-state index in [1.54, 1.807) is 0 Å². The lowest BCUT2D eigenvalue weighted by atomic mass is 10.1. The molecule has 1 saturated heterocycles. The van der Waals surface area contributed by atoms with Crippen molar-refractivity contribution in [1.82, 2.24) is 4.90 Å². The van der Waals surface area contributed by atoms with Crippen LogP contribution in [0.25, 0.3) is 0 Å². The molecule has 9 heteroatoms. The lowest BCUT2D eigenvalue weighted by molar-refractivity contribution is -0.134. The summed E-state index contributed by atoms with van der Waals surface area (Å²) in [5.41, 5.74) is 0. The van der Waals surface area contributed by atoms with Crippen molar-refractivity contribution in [2.24, 2.45) is 5.14 Å². The van der Waals surface area contributed by atoms with E-state index in [2.05, 4.69) is 0 Å². The second-order valence-corrected chi connectivity index (χ2v) is 6.90. The third-order valence-electron chi connectivity index (χ3n) is 3.44. The van der Waals surface area contributed by atoms with Gasteiger partial charge < -0.3 is 9.64 Å². The highest BCUT2D eigenvalue weighted by Gasteiger charge is 2.30. The van der Waals surface area contributed by atoms with Crippen molar-refractivity contribution in [2.75, 3.05) is 19.7 Å². The van der Waals surface area contributed by atoms with E-state index in [4.69, 9.17) is 9.88 Å². The number of carbonyl (C=O) groups is 1. The van der Waals surface area contributed by atoms with Crippen molar-refractivity contribution >= 4 is 15.9 Å². The molecule has 1 aromatic rings. The average Bonchev–Trinajstić information content (AvgIpc) is 2.45. The molecular weight excluding hydrogens is 318 g/mol. The van der Waals surface area contributed by atoms with E-state index < -0.39 is 39.4 Å². The van der Waals surface area contributed by atoms with Gasteiger partial charge >= 0.3 is 0 Å². The fourth-order valence-electron chi connectivity index (χ4n) is 2.26. The summed E-state index contributed by atoms with van der Waals surface area (Å²) in [6.45, 7) is -0.0765. The van der Waals surface area contributed by atoms with Crippen LogP contribution in [0.3, 0.4) is 0 Å². The topological polar surface area (TPSA) is 89.7 Å². The van der Waals surface area contributed by atoms with Crippen LogP contribution < -0.4 is 9.88 Å². The molecule has 1 aromatic carbocycles. The number of piperidine rings is 1. The highest BCUT2D eigenvalue weighted by atomic mass is 32.2. The highest BCUT2D eigenvalue weighted by molar-refractivity contribution is 7.89. The van der Waals surface area contributed by atoms with Crippen molar-refractivity contribution in [3.8, 4) is 5.75 Å². The van der Waals surface area contributed by atoms with Crippen LogP contribution in [0.5, 0.6) is 5.75 Å². The van der Waals surface area contributed by atoms with Crippen molar-refractivity contribution in [3.05, 3.63) is 29.8 Å². The number of benzene rings is 1. The standard InChI is InChI=1S/C13H16F2N2O4S/c14-9-3-4-12(11(15)6-9)21-8-13(18)17-5-1-2-10(7-17)22(16,19)20/h3-4,6,10H,1-2,5,7-8H2,(H2,16,19,20). The van der Waals surface area contributed by atoms with E-state index in [1.165, 1.54) is 4.90 Å². The van der Waals surface area contributed by atoms with E-state index in [-0.39, 0.29) is 12.3 Å². The van der Waals surface area contributed by atoms with E-state index >= 15 is 0 Å². The number of hydrogen-bond acceptors (Lipinski definition) is 4. The van der Waals surface area contributed by atoms with Gasteiger partial charge in [0.05, 0.1) is 5.25 Å². The van der Waals surface area contributed by atoms with Gasteiger partial charge in [-0.15, -0.1) is 0 Å². The van der Waals surface area contributed by atoms with Gasteiger partial charge in [-0.1, -0.05) is 0 Å². The van der Waals surface area contributed by atoms with Crippen LogP contribution in [0, 0.1) is 11.6 Å². The molecule has 1 heterocycles. The lowest BCUT2D eigenvalue weighted by Gasteiger charge is -2.31. The Balaban J connectivity index is 1.94. The number of carbonyl (C=O) groups excluding carboxylic acids is 1. The molecule has 1 aliphatic rings. The monoisotopic (exact) mass is 334 g/mol. The van der Waals surface area contributed by atoms with Gasteiger partial charge in [0, 0.05) is 19.2 Å². The first kappa shape index (κ1) is 16.6. The fourth-order valence-corrected chi connectivity index (χ4v) is 3.14. The Morgan fingerprint density at radius 1 is 1.41 bits per heavy atom. The number of sulfonamides is 1. The van der Waals surface area contributed by atoms with E-state index in [9.17, 15) is 22.0 Å². The quantitative estimate of drug-likeness (QED) is 0.874. The second-order valence-electron chi connectivity index (χ2n) is 5.06. The molecule has 0 spiro atoms. The number of amides is 1. The zero-order valence-corrected chi connectivity index (χ0v) is 12.5. The van der Waals surface area contributed by atoms with Gasteiger partial charge in [0.15, 0.2) is 18.2 Å².